The molecule has 5 heteroatoms. The molecule has 0 bridgehead atoms. The highest BCUT2D eigenvalue weighted by Crippen LogP contribution is 2.06. The monoisotopic (exact) mass is 202 g/mol. The lowest BCUT2D eigenvalue weighted by Gasteiger charge is -2.21. The van der Waals surface area contributed by atoms with E-state index >= 15 is 0 Å². The van der Waals surface area contributed by atoms with Gasteiger partial charge in [-0.05, 0) is 27.7 Å². The molecule has 0 aromatic rings. The van der Waals surface area contributed by atoms with Crippen LogP contribution in [0.25, 0.3) is 0 Å². The second-order valence-corrected chi connectivity index (χ2v) is 4.04. The molecule has 0 aromatic heterocycles. The highest BCUT2D eigenvalue weighted by atomic mass is 16.6. The Kier molecular flexibility index (Phi) is 4.56. The molecule has 0 aliphatic heterocycles. The first kappa shape index (κ1) is 12.9. The Morgan fingerprint density at radius 2 is 1.93 bits per heavy atom. The lowest BCUT2D eigenvalue weighted by atomic mass is 10.2. The minimum atomic E-state index is -0.605. The summed E-state index contributed by atoms with van der Waals surface area (Å²) < 4.78 is 4.96. The maximum atomic E-state index is 11.2. The lowest BCUT2D eigenvalue weighted by molar-refractivity contribution is -0.119. The van der Waals surface area contributed by atoms with E-state index in [-0.39, 0.29) is 12.3 Å². The Labute approximate surface area is 84.0 Å². The number of Topliss-reactive ketones (excluding diaryl/α,β-unsaturated/α-hetero) is 1. The van der Waals surface area contributed by atoms with Crippen LogP contribution >= 0.6 is 0 Å². The highest BCUT2D eigenvalue weighted by Gasteiger charge is 2.19. The van der Waals surface area contributed by atoms with Gasteiger partial charge in [0.2, 0.25) is 0 Å². The highest BCUT2D eigenvalue weighted by molar-refractivity contribution is 5.88. The molecule has 0 radical (unpaired) electrons. The number of carbonyl (C=O) groups is 2. The van der Waals surface area contributed by atoms with Crippen LogP contribution in [0.3, 0.4) is 0 Å². The van der Waals surface area contributed by atoms with Crippen LogP contribution in [0.5, 0.6) is 0 Å². The average Bonchev–Trinajstić information content (AvgIpc) is 1.99. The fourth-order valence-electron chi connectivity index (χ4n) is 0.742. The van der Waals surface area contributed by atoms with Gasteiger partial charge in [0.25, 0.3) is 0 Å². The van der Waals surface area contributed by atoms with Crippen molar-refractivity contribution >= 4 is 11.9 Å². The van der Waals surface area contributed by atoms with Gasteiger partial charge in [-0.3, -0.25) is 4.79 Å². The molecule has 5 nitrogen and oxygen atoms in total. The smallest absolute Gasteiger partial charge is 0.408 e. The summed E-state index contributed by atoms with van der Waals surface area (Å²) in [6, 6.07) is -0.602. The minimum absolute atomic E-state index is 0.0863. The van der Waals surface area contributed by atoms with Crippen LogP contribution in [-0.4, -0.2) is 30.1 Å². The van der Waals surface area contributed by atoms with Crippen molar-refractivity contribution in [2.75, 3.05) is 6.54 Å². The van der Waals surface area contributed by atoms with Crippen LogP contribution in [0.1, 0.15) is 27.7 Å². The normalized spacial score (nSPS) is 13.2. The van der Waals surface area contributed by atoms with Crippen molar-refractivity contribution in [1.82, 2.24) is 5.32 Å². The van der Waals surface area contributed by atoms with Crippen molar-refractivity contribution in [2.45, 2.75) is 39.3 Å². The van der Waals surface area contributed by atoms with Gasteiger partial charge in [0.05, 0.1) is 12.6 Å². The topological polar surface area (TPSA) is 81.4 Å². The predicted molar refractivity (Wildman–Crippen MR) is 52.9 cm³/mol. The van der Waals surface area contributed by atoms with Crippen molar-refractivity contribution in [3.63, 3.8) is 0 Å². The van der Waals surface area contributed by atoms with E-state index in [1.807, 2.05) is 0 Å². The summed E-state index contributed by atoms with van der Waals surface area (Å²) in [6.07, 6.45) is -0.605. The molecule has 82 valence electrons. The van der Waals surface area contributed by atoms with Crippen molar-refractivity contribution in [1.29, 1.82) is 0 Å². The molecule has 1 amide bonds. The molecule has 0 saturated carbocycles. The molecule has 14 heavy (non-hydrogen) atoms. The Balaban J connectivity index is 4.01. The van der Waals surface area contributed by atoms with Crippen LogP contribution in [0.4, 0.5) is 4.79 Å². The SMILES string of the molecule is C[C@@H](NC(=O)OC(C)(C)C)C(=O)CN. The molecule has 0 spiro atoms. The first-order valence-electron chi connectivity index (χ1n) is 4.48. The fourth-order valence-corrected chi connectivity index (χ4v) is 0.742. The number of carbonyl (C=O) groups excluding carboxylic acids is 2. The molecule has 0 aliphatic carbocycles. The second kappa shape index (κ2) is 4.95. The summed E-state index contributed by atoms with van der Waals surface area (Å²) in [7, 11) is 0. The summed E-state index contributed by atoms with van der Waals surface area (Å²) in [4.78, 5) is 22.2. The van der Waals surface area contributed by atoms with E-state index in [1.165, 1.54) is 0 Å². The van der Waals surface area contributed by atoms with E-state index < -0.39 is 17.7 Å². The third kappa shape index (κ3) is 5.53. The zero-order chi connectivity index (χ0) is 11.4. The number of hydrogen-bond acceptors (Lipinski definition) is 4. The Morgan fingerprint density at radius 1 is 1.43 bits per heavy atom. The summed E-state index contributed by atoms with van der Waals surface area (Å²) >= 11 is 0. The predicted octanol–water partition coefficient (Wildman–Crippen LogP) is 0.427. The fraction of sp³-hybridized carbons (Fsp3) is 0.778. The molecular weight excluding hydrogens is 184 g/mol. The van der Waals surface area contributed by atoms with E-state index in [0.717, 1.165) is 0 Å². The number of rotatable bonds is 3. The van der Waals surface area contributed by atoms with Gasteiger partial charge in [0.15, 0.2) is 5.78 Å². The second-order valence-electron chi connectivity index (χ2n) is 4.04. The largest absolute Gasteiger partial charge is 0.444 e. The Morgan fingerprint density at radius 3 is 2.29 bits per heavy atom. The third-order valence-electron chi connectivity index (χ3n) is 1.42. The van der Waals surface area contributed by atoms with Gasteiger partial charge in [-0.2, -0.15) is 0 Å². The van der Waals surface area contributed by atoms with E-state index in [2.05, 4.69) is 5.32 Å². The molecule has 1 atom stereocenters. The Hall–Kier alpha value is -1.10. The molecule has 0 aliphatic rings. The van der Waals surface area contributed by atoms with Crippen LogP contribution in [0.2, 0.25) is 0 Å². The third-order valence-corrected chi connectivity index (χ3v) is 1.42. The van der Waals surface area contributed by atoms with Gasteiger partial charge in [0, 0.05) is 0 Å². The first-order chi connectivity index (χ1) is 6.26. The number of alkyl carbamates (subject to hydrolysis) is 1. The average molecular weight is 202 g/mol. The summed E-state index contributed by atoms with van der Waals surface area (Å²) in [5.41, 5.74) is 4.57. The van der Waals surface area contributed by atoms with Gasteiger partial charge in [-0.1, -0.05) is 0 Å². The van der Waals surface area contributed by atoms with Crippen molar-refractivity contribution in [2.24, 2.45) is 5.73 Å². The standard InChI is InChI=1S/C9H18N2O3/c1-6(7(12)5-10)11-8(13)14-9(2,3)4/h6H,5,10H2,1-4H3,(H,11,13)/t6-/m1/s1. The van der Waals surface area contributed by atoms with Gasteiger partial charge < -0.3 is 15.8 Å². The maximum Gasteiger partial charge on any atom is 0.408 e. The number of ether oxygens (including phenoxy) is 1. The molecule has 0 rings (SSSR count). The van der Waals surface area contributed by atoms with E-state index in [1.54, 1.807) is 27.7 Å². The number of nitrogens with one attached hydrogen (secondary N) is 1. The number of nitrogens with two attached hydrogens (primary N) is 1. The molecule has 0 aromatic carbocycles. The van der Waals surface area contributed by atoms with Gasteiger partial charge in [0.1, 0.15) is 5.60 Å². The molecule has 3 N–H and O–H groups in total. The summed E-state index contributed by atoms with van der Waals surface area (Å²) in [6.45, 7) is 6.74. The van der Waals surface area contributed by atoms with Gasteiger partial charge in [-0.25, -0.2) is 4.79 Å². The van der Waals surface area contributed by atoms with Crippen molar-refractivity contribution in [3.05, 3.63) is 0 Å². The van der Waals surface area contributed by atoms with Crippen LogP contribution in [-0.2, 0) is 9.53 Å². The lowest BCUT2D eigenvalue weighted by Crippen LogP contribution is -2.43. The molecule has 0 saturated heterocycles. The molecular formula is C9H18N2O3. The van der Waals surface area contributed by atoms with Gasteiger partial charge >= 0.3 is 6.09 Å². The zero-order valence-corrected chi connectivity index (χ0v) is 9.09. The maximum absolute atomic E-state index is 11.2. The number of hydrogen-bond donors (Lipinski definition) is 2. The summed E-state index contributed by atoms with van der Waals surface area (Å²) in [5.74, 6) is -0.226. The molecule has 0 unspecified atom stereocenters. The van der Waals surface area contributed by atoms with Crippen LogP contribution in [0, 0.1) is 0 Å². The number of amides is 1. The zero-order valence-electron chi connectivity index (χ0n) is 9.09. The van der Waals surface area contributed by atoms with Crippen molar-refractivity contribution in [3.8, 4) is 0 Å². The number of ketones is 1. The van der Waals surface area contributed by atoms with E-state index in [0.29, 0.717) is 0 Å². The first-order valence-corrected chi connectivity index (χ1v) is 4.48. The molecule has 0 heterocycles. The quantitative estimate of drug-likeness (QED) is 0.695. The van der Waals surface area contributed by atoms with Gasteiger partial charge in [-0.15, -0.1) is 0 Å². The van der Waals surface area contributed by atoms with E-state index in [9.17, 15) is 9.59 Å². The van der Waals surface area contributed by atoms with E-state index in [4.69, 9.17) is 10.5 Å². The Bertz CT molecular complexity index is 221. The van der Waals surface area contributed by atoms with Crippen LogP contribution < -0.4 is 11.1 Å². The van der Waals surface area contributed by atoms with Crippen LogP contribution in [0.15, 0.2) is 0 Å². The summed E-state index contributed by atoms with van der Waals surface area (Å²) in [5, 5.41) is 2.40. The minimum Gasteiger partial charge on any atom is -0.444 e. The van der Waals surface area contributed by atoms with Crippen molar-refractivity contribution < 1.29 is 14.3 Å². The molecule has 0 fully saturated rings.